The van der Waals surface area contributed by atoms with Crippen LogP contribution in [0, 0.1) is 18.3 Å². The van der Waals surface area contributed by atoms with Gasteiger partial charge in [-0.2, -0.15) is 5.26 Å². The number of halogens is 1. The zero-order valence-electron chi connectivity index (χ0n) is 16.5. The van der Waals surface area contributed by atoms with Crippen LogP contribution in [0.2, 0.25) is 5.02 Å². The van der Waals surface area contributed by atoms with E-state index in [1.807, 2.05) is 25.1 Å². The van der Waals surface area contributed by atoms with E-state index >= 15 is 0 Å². The van der Waals surface area contributed by atoms with Crippen molar-refractivity contribution in [2.24, 2.45) is 0 Å². The molecule has 2 aromatic carbocycles. The summed E-state index contributed by atoms with van der Waals surface area (Å²) in [5.74, 6) is -0.0684. The molecule has 30 heavy (non-hydrogen) atoms. The average molecular weight is 442 g/mol. The fourth-order valence-corrected chi connectivity index (χ4v) is 4.16. The Kier molecular flexibility index (Phi) is 7.03. The SMILES string of the molecule is COc1ccc([C@@H]2CC(=O)NC(SCC(=O)Nc3cc(Cl)ccc3C)=C2C#N)cc1. The van der Waals surface area contributed by atoms with Crippen molar-refractivity contribution in [2.45, 2.75) is 19.3 Å². The first-order chi connectivity index (χ1) is 14.4. The quantitative estimate of drug-likeness (QED) is 0.694. The summed E-state index contributed by atoms with van der Waals surface area (Å²) in [5.41, 5.74) is 2.81. The number of anilines is 1. The van der Waals surface area contributed by atoms with Crippen LogP contribution in [0.25, 0.3) is 0 Å². The van der Waals surface area contributed by atoms with Crippen LogP contribution >= 0.6 is 23.4 Å². The third kappa shape index (κ3) is 5.15. The highest BCUT2D eigenvalue weighted by Gasteiger charge is 2.30. The Morgan fingerprint density at radius 1 is 1.33 bits per heavy atom. The largest absolute Gasteiger partial charge is 0.497 e. The molecule has 2 amide bonds. The Balaban J connectivity index is 1.76. The van der Waals surface area contributed by atoms with E-state index in [2.05, 4.69) is 16.7 Å². The number of amides is 2. The fourth-order valence-electron chi connectivity index (χ4n) is 3.11. The molecule has 1 heterocycles. The maximum absolute atomic E-state index is 12.4. The number of hydrogen-bond donors (Lipinski definition) is 2. The first-order valence-corrected chi connectivity index (χ1v) is 10.5. The molecule has 0 bridgehead atoms. The first kappa shape index (κ1) is 21.8. The van der Waals surface area contributed by atoms with Crippen molar-refractivity contribution in [3.8, 4) is 11.8 Å². The lowest BCUT2D eigenvalue weighted by Crippen LogP contribution is -2.31. The number of carbonyl (C=O) groups excluding carboxylic acids is 2. The van der Waals surface area contributed by atoms with Gasteiger partial charge in [0, 0.05) is 23.0 Å². The predicted molar refractivity (Wildman–Crippen MR) is 118 cm³/mol. The second-order valence-corrected chi connectivity index (χ2v) is 8.15. The number of benzene rings is 2. The molecule has 0 spiro atoms. The van der Waals surface area contributed by atoms with Gasteiger partial charge in [0.1, 0.15) is 5.75 Å². The normalized spacial score (nSPS) is 15.9. The van der Waals surface area contributed by atoms with Crippen LogP contribution in [0.3, 0.4) is 0 Å². The summed E-state index contributed by atoms with van der Waals surface area (Å²) in [6.45, 7) is 1.87. The third-order valence-corrected chi connectivity index (χ3v) is 5.95. The maximum atomic E-state index is 12.4. The molecule has 8 heteroatoms. The van der Waals surface area contributed by atoms with Gasteiger partial charge in [-0.15, -0.1) is 0 Å². The van der Waals surface area contributed by atoms with Gasteiger partial charge in [-0.3, -0.25) is 9.59 Å². The van der Waals surface area contributed by atoms with E-state index in [0.717, 1.165) is 22.9 Å². The summed E-state index contributed by atoms with van der Waals surface area (Å²) in [4.78, 5) is 24.7. The standard InChI is InChI=1S/C22H20ClN3O3S/c1-13-3-6-15(23)9-19(13)25-21(28)12-30-22-18(11-24)17(10-20(27)26-22)14-4-7-16(29-2)8-5-14/h3-9,17H,10,12H2,1-2H3,(H,25,28)(H,26,27)/t17-/m0/s1. The number of nitriles is 1. The van der Waals surface area contributed by atoms with Crippen LogP contribution in [0.15, 0.2) is 53.1 Å². The van der Waals surface area contributed by atoms with Crippen molar-refractivity contribution in [1.82, 2.24) is 5.32 Å². The van der Waals surface area contributed by atoms with Gasteiger partial charge in [-0.25, -0.2) is 0 Å². The van der Waals surface area contributed by atoms with Crippen molar-refractivity contribution < 1.29 is 14.3 Å². The van der Waals surface area contributed by atoms with Gasteiger partial charge in [-0.1, -0.05) is 41.6 Å². The van der Waals surface area contributed by atoms with Gasteiger partial charge in [0.2, 0.25) is 11.8 Å². The van der Waals surface area contributed by atoms with Crippen molar-refractivity contribution in [3.63, 3.8) is 0 Å². The molecule has 0 saturated carbocycles. The zero-order chi connectivity index (χ0) is 21.7. The van der Waals surface area contributed by atoms with E-state index in [1.54, 1.807) is 31.4 Å². The highest BCUT2D eigenvalue weighted by molar-refractivity contribution is 8.03. The Morgan fingerprint density at radius 2 is 2.07 bits per heavy atom. The molecule has 0 unspecified atom stereocenters. The minimum Gasteiger partial charge on any atom is -0.497 e. The number of carbonyl (C=O) groups is 2. The molecular weight excluding hydrogens is 422 g/mol. The zero-order valence-corrected chi connectivity index (χ0v) is 18.1. The number of methoxy groups -OCH3 is 1. The molecule has 3 rings (SSSR count). The summed E-state index contributed by atoms with van der Waals surface area (Å²) in [7, 11) is 1.58. The van der Waals surface area contributed by atoms with Crippen LogP contribution in [0.1, 0.15) is 23.5 Å². The van der Waals surface area contributed by atoms with Gasteiger partial charge in [0.15, 0.2) is 0 Å². The third-order valence-electron chi connectivity index (χ3n) is 4.70. The number of nitrogens with zero attached hydrogens (tertiary/aromatic N) is 1. The van der Waals surface area contributed by atoms with Crippen molar-refractivity contribution in [1.29, 1.82) is 5.26 Å². The molecule has 0 saturated heterocycles. The van der Waals surface area contributed by atoms with E-state index in [9.17, 15) is 14.9 Å². The van der Waals surface area contributed by atoms with E-state index < -0.39 is 0 Å². The molecule has 1 atom stereocenters. The number of hydrogen-bond acceptors (Lipinski definition) is 5. The average Bonchev–Trinajstić information content (AvgIpc) is 2.74. The number of thioether (sulfide) groups is 1. The molecule has 6 nitrogen and oxygen atoms in total. The van der Waals surface area contributed by atoms with Crippen LogP contribution < -0.4 is 15.4 Å². The van der Waals surface area contributed by atoms with Crippen molar-refractivity contribution in [3.05, 3.63) is 69.2 Å². The Morgan fingerprint density at radius 3 is 2.73 bits per heavy atom. The number of ether oxygens (including phenoxy) is 1. The monoisotopic (exact) mass is 441 g/mol. The number of allylic oxidation sites excluding steroid dienone is 1. The van der Waals surface area contributed by atoms with Gasteiger partial charge in [0.25, 0.3) is 0 Å². The first-order valence-electron chi connectivity index (χ1n) is 9.18. The lowest BCUT2D eigenvalue weighted by molar-refractivity contribution is -0.121. The molecular formula is C22H20ClN3O3S. The summed E-state index contributed by atoms with van der Waals surface area (Å²) in [6, 6.07) is 14.7. The molecule has 0 radical (unpaired) electrons. The lowest BCUT2D eigenvalue weighted by Gasteiger charge is -2.25. The number of nitrogens with one attached hydrogen (secondary N) is 2. The molecule has 2 aromatic rings. The molecule has 2 N–H and O–H groups in total. The second kappa shape index (κ2) is 9.70. The van der Waals surface area contributed by atoms with Crippen molar-refractivity contribution in [2.75, 3.05) is 18.2 Å². The van der Waals surface area contributed by atoms with E-state index in [-0.39, 0.29) is 29.9 Å². The van der Waals surface area contributed by atoms with Crippen LogP contribution in [0.5, 0.6) is 5.75 Å². The topological polar surface area (TPSA) is 91.2 Å². The van der Waals surface area contributed by atoms with Crippen molar-refractivity contribution >= 4 is 40.9 Å². The van der Waals surface area contributed by atoms with E-state index in [4.69, 9.17) is 16.3 Å². The van der Waals surface area contributed by atoms with Crippen LogP contribution in [-0.2, 0) is 9.59 Å². The highest BCUT2D eigenvalue weighted by atomic mass is 35.5. The molecule has 1 aliphatic heterocycles. The van der Waals surface area contributed by atoms with E-state index in [0.29, 0.717) is 27.1 Å². The maximum Gasteiger partial charge on any atom is 0.234 e. The van der Waals surface area contributed by atoms with Gasteiger partial charge >= 0.3 is 0 Å². The fraction of sp³-hybridized carbons (Fsp3) is 0.227. The van der Waals surface area contributed by atoms with Crippen LogP contribution in [0.4, 0.5) is 5.69 Å². The van der Waals surface area contributed by atoms with Gasteiger partial charge in [-0.05, 0) is 42.3 Å². The minimum atomic E-state index is -0.365. The number of aryl methyl sites for hydroxylation is 1. The molecule has 0 fully saturated rings. The summed E-state index contributed by atoms with van der Waals surface area (Å²) in [6.07, 6.45) is 0.174. The summed E-state index contributed by atoms with van der Waals surface area (Å²) < 4.78 is 5.17. The lowest BCUT2D eigenvalue weighted by atomic mass is 9.87. The smallest absolute Gasteiger partial charge is 0.234 e. The minimum absolute atomic E-state index is 0.0437. The molecule has 0 aromatic heterocycles. The Labute approximate surface area is 184 Å². The second-order valence-electron chi connectivity index (χ2n) is 6.73. The summed E-state index contributed by atoms with van der Waals surface area (Å²) in [5, 5.41) is 16.2. The molecule has 0 aliphatic carbocycles. The Hall–Kier alpha value is -2.95. The molecule has 1 aliphatic rings. The van der Waals surface area contributed by atoms with Crippen LogP contribution in [-0.4, -0.2) is 24.7 Å². The van der Waals surface area contributed by atoms with Gasteiger partial charge < -0.3 is 15.4 Å². The Bertz CT molecular complexity index is 1040. The number of rotatable bonds is 6. The summed E-state index contributed by atoms with van der Waals surface area (Å²) >= 11 is 7.12. The molecule has 154 valence electrons. The highest BCUT2D eigenvalue weighted by Crippen LogP contribution is 2.36. The predicted octanol–water partition coefficient (Wildman–Crippen LogP) is 4.37. The van der Waals surface area contributed by atoms with E-state index in [1.165, 1.54) is 0 Å². The van der Waals surface area contributed by atoms with Gasteiger partial charge in [0.05, 0.1) is 29.5 Å².